The molecule has 1 aliphatic rings. The Hall–Kier alpha value is -4.86. The number of para-hydroxylation sites is 1. The Kier molecular flexibility index (Phi) is 6.23. The molecule has 36 heavy (non-hydrogen) atoms. The minimum absolute atomic E-state index is 0.0279. The number of nitrogens with one attached hydrogen (secondary N) is 1. The molecule has 0 aliphatic carbocycles. The number of ether oxygens (including phenoxy) is 1. The monoisotopic (exact) mass is 487 g/mol. The minimum atomic E-state index is -0.914. The third-order valence-electron chi connectivity index (χ3n) is 5.52. The van der Waals surface area contributed by atoms with Crippen LogP contribution in [0.1, 0.15) is 23.6 Å². The number of aromatic nitrogens is 2. The Morgan fingerprint density at radius 1 is 1.06 bits per heavy atom. The number of nitrogens with zero attached hydrogens (tertiary/aromatic N) is 4. The molecule has 4 aromatic rings. The molecule has 8 nitrogen and oxygen atoms in total. The van der Waals surface area contributed by atoms with Gasteiger partial charge in [0.1, 0.15) is 17.3 Å². The van der Waals surface area contributed by atoms with Gasteiger partial charge in [-0.15, -0.1) is 0 Å². The Bertz CT molecular complexity index is 1450. The van der Waals surface area contributed by atoms with Crippen LogP contribution in [-0.4, -0.2) is 31.8 Å². The van der Waals surface area contributed by atoms with E-state index in [1.54, 1.807) is 42.7 Å². The van der Waals surface area contributed by atoms with E-state index in [1.165, 1.54) is 23.3 Å². The molecule has 2 aromatic carbocycles. The average molecular weight is 487 g/mol. The first-order chi connectivity index (χ1) is 17.5. The fraction of sp³-hybridized carbons (Fsp3) is 0.0769. The molecule has 2 aromatic heterocycles. The van der Waals surface area contributed by atoms with Gasteiger partial charge in [0, 0.05) is 42.2 Å². The van der Waals surface area contributed by atoms with Crippen molar-refractivity contribution in [1.82, 2.24) is 15.0 Å². The van der Waals surface area contributed by atoms with Crippen molar-refractivity contribution in [2.24, 2.45) is 5.10 Å². The predicted molar refractivity (Wildman–Crippen MR) is 128 cm³/mol. The van der Waals surface area contributed by atoms with Crippen LogP contribution in [0.25, 0.3) is 0 Å². The van der Waals surface area contributed by atoms with Crippen LogP contribution in [0.3, 0.4) is 0 Å². The molecule has 0 radical (unpaired) electrons. The summed E-state index contributed by atoms with van der Waals surface area (Å²) in [5, 5.41) is 18.9. The summed E-state index contributed by atoms with van der Waals surface area (Å²) in [6.45, 7) is 0. The van der Waals surface area contributed by atoms with Crippen molar-refractivity contribution in [2.75, 3.05) is 5.32 Å². The summed E-state index contributed by atoms with van der Waals surface area (Å²) in [6.07, 6.45) is 5.03. The molecule has 2 amide bonds. The van der Waals surface area contributed by atoms with Crippen LogP contribution < -0.4 is 10.1 Å². The van der Waals surface area contributed by atoms with Gasteiger partial charge in [-0.1, -0.05) is 24.3 Å². The van der Waals surface area contributed by atoms with Crippen LogP contribution in [0.15, 0.2) is 90.4 Å². The number of carbonyl (C=O) groups is 1. The zero-order valence-electron chi connectivity index (χ0n) is 18.7. The summed E-state index contributed by atoms with van der Waals surface area (Å²) in [5.41, 5.74) is 2.02. The van der Waals surface area contributed by atoms with Gasteiger partial charge < -0.3 is 15.2 Å². The smallest absolute Gasteiger partial charge is 0.343 e. The van der Waals surface area contributed by atoms with Gasteiger partial charge in [0.2, 0.25) is 5.88 Å². The summed E-state index contributed by atoms with van der Waals surface area (Å²) >= 11 is 0. The number of phenolic OH excluding ortho intramolecular Hbond substituents is 1. The molecule has 0 fully saturated rings. The number of anilines is 1. The lowest BCUT2D eigenvalue weighted by Gasteiger charge is -2.23. The third kappa shape index (κ3) is 4.69. The van der Waals surface area contributed by atoms with Crippen molar-refractivity contribution in [3.8, 4) is 17.4 Å². The van der Waals surface area contributed by atoms with Crippen LogP contribution in [0.4, 0.5) is 19.3 Å². The number of hydrogen-bond acceptors (Lipinski definition) is 6. The average Bonchev–Trinajstić information content (AvgIpc) is 3.33. The molecule has 1 atom stereocenters. The van der Waals surface area contributed by atoms with Crippen molar-refractivity contribution in [3.05, 3.63) is 108 Å². The normalized spacial score (nSPS) is 14.9. The maximum absolute atomic E-state index is 14.1. The van der Waals surface area contributed by atoms with Crippen molar-refractivity contribution in [3.63, 3.8) is 0 Å². The van der Waals surface area contributed by atoms with E-state index < -0.39 is 23.7 Å². The van der Waals surface area contributed by atoms with Gasteiger partial charge in [0.05, 0.1) is 11.8 Å². The Labute approximate surface area is 204 Å². The Balaban J connectivity index is 1.45. The fourth-order valence-electron chi connectivity index (χ4n) is 3.82. The summed E-state index contributed by atoms with van der Waals surface area (Å²) in [5.74, 6) is -1.98. The van der Waals surface area contributed by atoms with Crippen LogP contribution >= 0.6 is 0 Å². The zero-order valence-corrected chi connectivity index (χ0v) is 18.7. The van der Waals surface area contributed by atoms with Crippen LogP contribution in [0.2, 0.25) is 0 Å². The van der Waals surface area contributed by atoms with Crippen molar-refractivity contribution < 1.29 is 23.4 Å². The maximum atomic E-state index is 14.1. The lowest BCUT2D eigenvalue weighted by atomic mass is 9.98. The number of benzene rings is 2. The van der Waals surface area contributed by atoms with Gasteiger partial charge >= 0.3 is 6.03 Å². The zero-order chi connectivity index (χ0) is 25.1. The number of aromatic hydroxyl groups is 1. The van der Waals surface area contributed by atoms with Crippen molar-refractivity contribution in [2.45, 2.75) is 12.5 Å². The topological polar surface area (TPSA) is 99.9 Å². The van der Waals surface area contributed by atoms with E-state index in [4.69, 9.17) is 4.74 Å². The summed E-state index contributed by atoms with van der Waals surface area (Å²) < 4.78 is 32.9. The Morgan fingerprint density at radius 3 is 2.67 bits per heavy atom. The summed E-state index contributed by atoms with van der Waals surface area (Å²) in [6, 6.07) is 15.0. The van der Waals surface area contributed by atoms with Crippen LogP contribution in [0.5, 0.6) is 17.4 Å². The number of phenols is 1. The van der Waals surface area contributed by atoms with Gasteiger partial charge in [-0.3, -0.25) is 4.98 Å². The second-order valence-corrected chi connectivity index (χ2v) is 7.87. The standard InChI is InChI=1S/C26H19F2N5O3/c27-17-9-10-24(19(28)13-17)36-25-20(7-4-12-30-25)31-26(35)33-22(18-6-1-2-8-23(18)34)14-21(32-33)16-5-3-11-29-15-16/h1-13,15,22,34H,14H2,(H,31,35). The van der Waals surface area contributed by atoms with Crippen LogP contribution in [-0.2, 0) is 0 Å². The first-order valence-electron chi connectivity index (χ1n) is 10.9. The fourth-order valence-corrected chi connectivity index (χ4v) is 3.82. The first-order valence-corrected chi connectivity index (χ1v) is 10.9. The largest absolute Gasteiger partial charge is 0.508 e. The minimum Gasteiger partial charge on any atom is -0.508 e. The van der Waals surface area contributed by atoms with E-state index in [0.29, 0.717) is 23.8 Å². The second kappa shape index (κ2) is 9.79. The molecule has 0 spiro atoms. The van der Waals surface area contributed by atoms with E-state index in [1.807, 2.05) is 6.07 Å². The molecule has 0 bridgehead atoms. The highest BCUT2D eigenvalue weighted by Crippen LogP contribution is 2.38. The molecule has 3 heterocycles. The number of carbonyl (C=O) groups excluding carboxylic acids is 1. The highest BCUT2D eigenvalue weighted by Gasteiger charge is 2.35. The molecule has 1 unspecified atom stereocenters. The maximum Gasteiger partial charge on any atom is 0.343 e. The van der Waals surface area contributed by atoms with Gasteiger partial charge in [-0.05, 0) is 36.4 Å². The molecule has 10 heteroatoms. The quantitative estimate of drug-likeness (QED) is 0.380. The van der Waals surface area contributed by atoms with Gasteiger partial charge in [-0.25, -0.2) is 23.6 Å². The number of pyridine rings is 2. The van der Waals surface area contributed by atoms with Crippen molar-refractivity contribution in [1.29, 1.82) is 0 Å². The number of hydrogen-bond donors (Lipinski definition) is 2. The lowest BCUT2D eigenvalue weighted by molar-refractivity contribution is 0.199. The first kappa shape index (κ1) is 22.9. The van der Waals surface area contributed by atoms with E-state index >= 15 is 0 Å². The Morgan fingerprint density at radius 2 is 1.89 bits per heavy atom. The number of rotatable bonds is 5. The summed E-state index contributed by atoms with van der Waals surface area (Å²) in [4.78, 5) is 21.6. The molecule has 2 N–H and O–H groups in total. The molecule has 5 rings (SSSR count). The molecule has 0 saturated carbocycles. The van der Waals surface area contributed by atoms with E-state index in [2.05, 4.69) is 20.4 Å². The van der Waals surface area contributed by atoms with Gasteiger partial charge in [0.25, 0.3) is 0 Å². The molecule has 180 valence electrons. The number of urea groups is 1. The third-order valence-corrected chi connectivity index (χ3v) is 5.52. The second-order valence-electron chi connectivity index (χ2n) is 7.87. The summed E-state index contributed by atoms with van der Waals surface area (Å²) in [7, 11) is 0. The van der Waals surface area contributed by atoms with Gasteiger partial charge in [-0.2, -0.15) is 5.10 Å². The van der Waals surface area contributed by atoms with E-state index in [9.17, 15) is 18.7 Å². The number of hydrazone groups is 1. The van der Waals surface area contributed by atoms with Crippen LogP contribution in [0, 0.1) is 11.6 Å². The molecular weight excluding hydrogens is 468 g/mol. The highest BCUT2D eigenvalue weighted by atomic mass is 19.1. The predicted octanol–water partition coefficient (Wildman–Crippen LogP) is 5.64. The highest BCUT2D eigenvalue weighted by molar-refractivity contribution is 6.04. The van der Waals surface area contributed by atoms with Gasteiger partial charge in [0.15, 0.2) is 11.6 Å². The van der Waals surface area contributed by atoms with Crippen molar-refractivity contribution >= 4 is 17.4 Å². The van der Waals surface area contributed by atoms with E-state index in [-0.39, 0.29) is 23.1 Å². The molecular formula is C26H19F2N5O3. The SMILES string of the molecule is O=C(Nc1cccnc1Oc1ccc(F)cc1F)N1N=C(c2cccnc2)CC1c1ccccc1O. The molecule has 0 saturated heterocycles. The number of amides is 2. The number of halogens is 2. The van der Waals surface area contributed by atoms with E-state index in [0.717, 1.165) is 17.7 Å². The molecule has 1 aliphatic heterocycles. The lowest BCUT2D eigenvalue weighted by Crippen LogP contribution is -2.31.